The van der Waals surface area contributed by atoms with Crippen molar-refractivity contribution in [3.8, 4) is 22.7 Å². The van der Waals surface area contributed by atoms with Gasteiger partial charge in [0.15, 0.2) is 0 Å². The van der Waals surface area contributed by atoms with Gasteiger partial charge in [0.1, 0.15) is 15.8 Å². The van der Waals surface area contributed by atoms with E-state index in [1.165, 1.54) is 11.8 Å². The number of methoxy groups -OCH3 is 2. The van der Waals surface area contributed by atoms with Crippen molar-refractivity contribution in [2.75, 3.05) is 27.4 Å². The molecule has 1 aliphatic rings. The van der Waals surface area contributed by atoms with E-state index in [0.717, 1.165) is 40.2 Å². The number of aromatic nitrogens is 2. The third-order valence-electron chi connectivity index (χ3n) is 5.32. The maximum absolute atomic E-state index is 13.0. The summed E-state index contributed by atoms with van der Waals surface area (Å²) in [7, 11) is 3.31. The average molecular weight is 480 g/mol. The van der Waals surface area contributed by atoms with Gasteiger partial charge in [-0.3, -0.25) is 9.69 Å². The minimum Gasteiger partial charge on any atom is -0.496 e. The first-order chi connectivity index (χ1) is 16.0. The Kier molecular flexibility index (Phi) is 7.27. The van der Waals surface area contributed by atoms with E-state index >= 15 is 0 Å². The van der Waals surface area contributed by atoms with Crippen LogP contribution in [0.25, 0.3) is 23.0 Å². The molecule has 0 radical (unpaired) electrons. The molecule has 8 heteroatoms. The molecule has 1 saturated heterocycles. The second kappa shape index (κ2) is 10.3. The Bertz CT molecular complexity index is 1200. The number of carbonyl (C=O) groups excluding carboxylic acids is 1. The van der Waals surface area contributed by atoms with Crippen LogP contribution in [-0.4, -0.2) is 52.3 Å². The van der Waals surface area contributed by atoms with E-state index in [-0.39, 0.29) is 5.91 Å². The number of para-hydroxylation sites is 1. The van der Waals surface area contributed by atoms with Crippen LogP contribution in [0.15, 0.2) is 59.6 Å². The van der Waals surface area contributed by atoms with Crippen molar-refractivity contribution in [2.45, 2.75) is 13.3 Å². The molecular formula is C25H25N3O3S2. The molecule has 4 rings (SSSR count). The highest BCUT2D eigenvalue weighted by Crippen LogP contribution is 2.35. The van der Waals surface area contributed by atoms with E-state index < -0.39 is 0 Å². The molecule has 2 aromatic carbocycles. The van der Waals surface area contributed by atoms with Crippen molar-refractivity contribution in [2.24, 2.45) is 0 Å². The van der Waals surface area contributed by atoms with Crippen LogP contribution in [0.3, 0.4) is 0 Å². The van der Waals surface area contributed by atoms with Crippen LogP contribution < -0.4 is 4.74 Å². The second-order valence-electron chi connectivity index (χ2n) is 7.58. The molecule has 1 aliphatic heterocycles. The SMILES string of the molecule is COCCCN1C(=O)C(=Cc2cn(-c3ccccc3)nc2-c2ccc(OC)c(C)c2)SC1=S. The number of rotatable bonds is 8. The zero-order valence-electron chi connectivity index (χ0n) is 18.8. The van der Waals surface area contributed by atoms with Gasteiger partial charge in [0.2, 0.25) is 0 Å². The molecule has 0 bridgehead atoms. The first kappa shape index (κ1) is 23.2. The number of aryl methyl sites for hydroxylation is 1. The topological polar surface area (TPSA) is 56.6 Å². The van der Waals surface area contributed by atoms with Gasteiger partial charge in [0.25, 0.3) is 5.91 Å². The Balaban J connectivity index is 1.74. The van der Waals surface area contributed by atoms with Crippen LogP contribution in [0, 0.1) is 6.92 Å². The lowest BCUT2D eigenvalue weighted by Crippen LogP contribution is -2.29. The summed E-state index contributed by atoms with van der Waals surface area (Å²) in [5.41, 5.74) is 4.54. The summed E-state index contributed by atoms with van der Waals surface area (Å²) < 4.78 is 12.9. The van der Waals surface area contributed by atoms with Crippen molar-refractivity contribution < 1.29 is 14.3 Å². The van der Waals surface area contributed by atoms with Gasteiger partial charge in [-0.1, -0.05) is 42.2 Å². The molecule has 33 heavy (non-hydrogen) atoms. The van der Waals surface area contributed by atoms with Crippen molar-refractivity contribution in [1.29, 1.82) is 0 Å². The van der Waals surface area contributed by atoms with E-state index in [1.807, 2.05) is 72.4 Å². The summed E-state index contributed by atoms with van der Waals surface area (Å²) in [4.78, 5) is 15.3. The van der Waals surface area contributed by atoms with Crippen LogP contribution in [0.1, 0.15) is 17.5 Å². The summed E-state index contributed by atoms with van der Waals surface area (Å²) in [6.45, 7) is 3.13. The van der Waals surface area contributed by atoms with Gasteiger partial charge in [0, 0.05) is 37.6 Å². The van der Waals surface area contributed by atoms with Crippen molar-refractivity contribution in [3.05, 3.63) is 70.8 Å². The molecule has 0 spiro atoms. The number of hydrogen-bond acceptors (Lipinski definition) is 6. The zero-order chi connectivity index (χ0) is 23.4. The minimum absolute atomic E-state index is 0.0783. The Labute approximate surface area is 203 Å². The molecule has 2 heterocycles. The lowest BCUT2D eigenvalue weighted by Gasteiger charge is -2.13. The number of thioether (sulfide) groups is 1. The number of hydrogen-bond donors (Lipinski definition) is 0. The lowest BCUT2D eigenvalue weighted by molar-refractivity contribution is -0.122. The number of thiocarbonyl (C=S) groups is 1. The van der Waals surface area contributed by atoms with Crippen LogP contribution in [-0.2, 0) is 9.53 Å². The van der Waals surface area contributed by atoms with E-state index in [4.69, 9.17) is 26.8 Å². The highest BCUT2D eigenvalue weighted by molar-refractivity contribution is 8.26. The molecule has 6 nitrogen and oxygen atoms in total. The number of amides is 1. The number of benzene rings is 2. The highest BCUT2D eigenvalue weighted by Gasteiger charge is 2.32. The molecule has 0 N–H and O–H groups in total. The highest BCUT2D eigenvalue weighted by atomic mass is 32.2. The van der Waals surface area contributed by atoms with Gasteiger partial charge in [-0.05, 0) is 55.3 Å². The largest absolute Gasteiger partial charge is 0.496 e. The predicted molar refractivity (Wildman–Crippen MR) is 137 cm³/mol. The normalized spacial score (nSPS) is 15.0. The predicted octanol–water partition coefficient (Wildman–Crippen LogP) is 5.09. The monoisotopic (exact) mass is 479 g/mol. The molecule has 170 valence electrons. The Morgan fingerprint density at radius 3 is 2.64 bits per heavy atom. The van der Waals surface area contributed by atoms with Gasteiger partial charge < -0.3 is 9.47 Å². The smallest absolute Gasteiger partial charge is 0.266 e. The second-order valence-corrected chi connectivity index (χ2v) is 9.25. The lowest BCUT2D eigenvalue weighted by atomic mass is 10.0. The first-order valence-electron chi connectivity index (χ1n) is 10.6. The van der Waals surface area contributed by atoms with Gasteiger partial charge in [-0.25, -0.2) is 4.68 Å². The van der Waals surface area contributed by atoms with Gasteiger partial charge >= 0.3 is 0 Å². The maximum atomic E-state index is 13.0. The number of nitrogens with zero attached hydrogens (tertiary/aromatic N) is 3. The quantitative estimate of drug-likeness (QED) is 0.255. The first-order valence-corrected chi connectivity index (χ1v) is 11.8. The number of carbonyl (C=O) groups is 1. The molecule has 1 amide bonds. The van der Waals surface area contributed by atoms with E-state index in [9.17, 15) is 4.79 Å². The summed E-state index contributed by atoms with van der Waals surface area (Å²) in [6, 6.07) is 15.9. The molecule has 1 fully saturated rings. The summed E-state index contributed by atoms with van der Waals surface area (Å²) >= 11 is 6.79. The summed E-state index contributed by atoms with van der Waals surface area (Å²) in [5, 5.41) is 4.86. The van der Waals surface area contributed by atoms with Crippen molar-refractivity contribution in [3.63, 3.8) is 0 Å². The van der Waals surface area contributed by atoms with Crippen LogP contribution in [0.4, 0.5) is 0 Å². The van der Waals surface area contributed by atoms with E-state index in [0.29, 0.717) is 22.4 Å². The van der Waals surface area contributed by atoms with Gasteiger partial charge in [0.05, 0.1) is 17.7 Å². The van der Waals surface area contributed by atoms with Crippen LogP contribution in [0.5, 0.6) is 5.75 Å². The Hall–Kier alpha value is -2.94. The third-order valence-corrected chi connectivity index (χ3v) is 6.70. The maximum Gasteiger partial charge on any atom is 0.266 e. The molecule has 0 aliphatic carbocycles. The average Bonchev–Trinajstić information content (AvgIpc) is 3.36. The molecular weight excluding hydrogens is 454 g/mol. The fourth-order valence-corrected chi connectivity index (χ4v) is 4.96. The van der Waals surface area contributed by atoms with Crippen LogP contribution in [0.2, 0.25) is 0 Å². The van der Waals surface area contributed by atoms with Gasteiger partial charge in [-0.2, -0.15) is 5.10 Å². The number of ether oxygens (including phenoxy) is 2. The molecule has 1 aromatic heterocycles. The fraction of sp³-hybridized carbons (Fsp3) is 0.240. The Morgan fingerprint density at radius 2 is 1.94 bits per heavy atom. The van der Waals surface area contributed by atoms with E-state index in [1.54, 1.807) is 19.1 Å². The van der Waals surface area contributed by atoms with Crippen LogP contribution >= 0.6 is 24.0 Å². The summed E-state index contributed by atoms with van der Waals surface area (Å²) in [5.74, 6) is 0.741. The molecule has 3 aromatic rings. The van der Waals surface area contributed by atoms with Crippen molar-refractivity contribution >= 4 is 40.3 Å². The fourth-order valence-electron chi connectivity index (χ4n) is 3.66. The minimum atomic E-state index is -0.0783. The van der Waals surface area contributed by atoms with E-state index in [2.05, 4.69) is 0 Å². The third kappa shape index (κ3) is 5.03. The Morgan fingerprint density at radius 1 is 1.15 bits per heavy atom. The standard InChI is InChI=1S/C25H25N3O3S2/c1-17-14-18(10-11-21(17)31-3)23-19(16-28(26-23)20-8-5-4-6-9-20)15-22-24(29)27(25(32)33-22)12-7-13-30-2/h4-6,8-11,14-16H,7,12-13H2,1-3H3. The molecule has 0 unspecified atom stereocenters. The molecule has 0 atom stereocenters. The van der Waals surface area contributed by atoms with Crippen molar-refractivity contribution in [1.82, 2.24) is 14.7 Å². The van der Waals surface area contributed by atoms with Gasteiger partial charge in [-0.15, -0.1) is 0 Å². The summed E-state index contributed by atoms with van der Waals surface area (Å²) in [6.07, 6.45) is 4.57. The zero-order valence-corrected chi connectivity index (χ0v) is 20.4. The molecule has 0 saturated carbocycles.